The van der Waals surface area contributed by atoms with Crippen LogP contribution in [0.3, 0.4) is 0 Å². The second-order valence-corrected chi connectivity index (χ2v) is 5.08. The van der Waals surface area contributed by atoms with Gasteiger partial charge in [0.15, 0.2) is 0 Å². The van der Waals surface area contributed by atoms with Gasteiger partial charge in [0.2, 0.25) is 5.91 Å². The van der Waals surface area contributed by atoms with Crippen LogP contribution in [-0.2, 0) is 4.79 Å². The lowest BCUT2D eigenvalue weighted by molar-refractivity contribution is -0.133. The van der Waals surface area contributed by atoms with Crippen LogP contribution in [0, 0.1) is 5.92 Å². The number of nitrogens with one attached hydrogen (secondary N) is 1. The quantitative estimate of drug-likeness (QED) is 0.790. The Morgan fingerprint density at radius 2 is 1.76 bits per heavy atom. The number of rotatable bonds is 2. The van der Waals surface area contributed by atoms with Crippen LogP contribution < -0.4 is 5.32 Å². The molecule has 17 heavy (non-hydrogen) atoms. The summed E-state index contributed by atoms with van der Waals surface area (Å²) < 4.78 is 0. The first-order valence-corrected chi connectivity index (χ1v) is 6.43. The molecule has 2 rings (SSSR count). The van der Waals surface area contributed by atoms with E-state index in [4.69, 9.17) is 0 Å². The Kier molecular flexibility index (Phi) is 6.23. The minimum Gasteiger partial charge on any atom is -0.340 e. The molecule has 2 fully saturated rings. The molecule has 100 valence electrons. The maximum absolute atomic E-state index is 12.1. The third kappa shape index (κ3) is 4.45. The van der Waals surface area contributed by atoms with Crippen LogP contribution in [0.1, 0.15) is 19.3 Å². The number of carbonyl (C=O) groups is 1. The summed E-state index contributed by atoms with van der Waals surface area (Å²) in [6, 6.07) is 0. The van der Waals surface area contributed by atoms with Crippen molar-refractivity contribution in [2.24, 2.45) is 5.92 Å². The van der Waals surface area contributed by atoms with Crippen molar-refractivity contribution in [3.63, 3.8) is 0 Å². The molecule has 2 heterocycles. The van der Waals surface area contributed by atoms with E-state index in [-0.39, 0.29) is 12.4 Å². The fourth-order valence-corrected chi connectivity index (χ4v) is 2.52. The first-order valence-electron chi connectivity index (χ1n) is 6.43. The summed E-state index contributed by atoms with van der Waals surface area (Å²) in [5.74, 6) is 0.994. The Morgan fingerprint density at radius 1 is 1.18 bits per heavy atom. The highest BCUT2D eigenvalue weighted by Crippen LogP contribution is 2.17. The molecule has 2 saturated heterocycles. The Bertz CT molecular complexity index is 236. The van der Waals surface area contributed by atoms with Crippen molar-refractivity contribution in [3.05, 3.63) is 0 Å². The molecule has 0 aromatic rings. The van der Waals surface area contributed by atoms with Crippen molar-refractivity contribution < 1.29 is 4.79 Å². The number of hydrogen-bond donors (Lipinski definition) is 1. The van der Waals surface area contributed by atoms with Crippen molar-refractivity contribution >= 4 is 18.3 Å². The van der Waals surface area contributed by atoms with Gasteiger partial charge in [-0.05, 0) is 38.9 Å². The maximum atomic E-state index is 12.1. The number of hydrogen-bond acceptors (Lipinski definition) is 3. The zero-order valence-corrected chi connectivity index (χ0v) is 11.5. The molecule has 1 amide bonds. The fourth-order valence-electron chi connectivity index (χ4n) is 2.52. The van der Waals surface area contributed by atoms with Crippen LogP contribution in [0.4, 0.5) is 0 Å². The summed E-state index contributed by atoms with van der Waals surface area (Å²) >= 11 is 0. The van der Waals surface area contributed by atoms with Gasteiger partial charge in [-0.25, -0.2) is 0 Å². The first-order chi connectivity index (χ1) is 7.75. The first kappa shape index (κ1) is 14.7. The van der Waals surface area contributed by atoms with Gasteiger partial charge in [0.1, 0.15) is 0 Å². The standard InChI is InChI=1S/C12H23N3O.ClH/c1-14-6-8-15(9-7-14)12(16)10-11-2-4-13-5-3-11;/h11,13H,2-10H2,1H3;1H. The molecule has 0 radical (unpaired) electrons. The number of nitrogens with zero attached hydrogens (tertiary/aromatic N) is 2. The highest BCUT2D eigenvalue weighted by Gasteiger charge is 2.23. The molecule has 0 spiro atoms. The molecule has 2 aliphatic heterocycles. The van der Waals surface area contributed by atoms with E-state index in [9.17, 15) is 4.79 Å². The summed E-state index contributed by atoms with van der Waals surface area (Å²) in [7, 11) is 2.12. The van der Waals surface area contributed by atoms with E-state index in [2.05, 4.69) is 17.3 Å². The van der Waals surface area contributed by atoms with Crippen molar-refractivity contribution in [1.82, 2.24) is 15.1 Å². The van der Waals surface area contributed by atoms with Crippen LogP contribution in [-0.4, -0.2) is 62.0 Å². The van der Waals surface area contributed by atoms with Gasteiger partial charge in [0.05, 0.1) is 0 Å². The molecule has 4 nitrogen and oxygen atoms in total. The Morgan fingerprint density at radius 3 is 2.35 bits per heavy atom. The van der Waals surface area contributed by atoms with Crippen LogP contribution >= 0.6 is 12.4 Å². The lowest BCUT2D eigenvalue weighted by atomic mass is 9.94. The minimum atomic E-state index is 0. The van der Waals surface area contributed by atoms with E-state index >= 15 is 0 Å². The molecule has 0 bridgehead atoms. The fraction of sp³-hybridized carbons (Fsp3) is 0.917. The van der Waals surface area contributed by atoms with Crippen LogP contribution in [0.25, 0.3) is 0 Å². The topological polar surface area (TPSA) is 35.6 Å². The second-order valence-electron chi connectivity index (χ2n) is 5.08. The predicted octanol–water partition coefficient (Wildman–Crippen LogP) is 0.572. The van der Waals surface area contributed by atoms with Gasteiger partial charge in [-0.1, -0.05) is 0 Å². The van der Waals surface area contributed by atoms with E-state index in [1.807, 2.05) is 4.90 Å². The van der Waals surface area contributed by atoms with Gasteiger partial charge in [-0.15, -0.1) is 12.4 Å². The Labute approximate surface area is 110 Å². The molecule has 0 atom stereocenters. The number of piperidine rings is 1. The molecule has 0 unspecified atom stereocenters. The van der Waals surface area contributed by atoms with Crippen LogP contribution in [0.15, 0.2) is 0 Å². The largest absolute Gasteiger partial charge is 0.340 e. The minimum absolute atomic E-state index is 0. The Balaban J connectivity index is 0.00000144. The average Bonchev–Trinajstić information content (AvgIpc) is 2.31. The van der Waals surface area contributed by atoms with Gasteiger partial charge in [-0.3, -0.25) is 4.79 Å². The van der Waals surface area contributed by atoms with E-state index in [0.29, 0.717) is 11.8 Å². The number of likely N-dealkylation sites (N-methyl/N-ethyl adjacent to an activating group) is 1. The molecule has 0 aliphatic carbocycles. The summed E-state index contributed by atoms with van der Waals surface area (Å²) in [5, 5.41) is 3.34. The molecule has 0 saturated carbocycles. The molecule has 0 aromatic carbocycles. The summed E-state index contributed by atoms with van der Waals surface area (Å²) in [5.41, 5.74) is 0. The monoisotopic (exact) mass is 261 g/mol. The van der Waals surface area contributed by atoms with Gasteiger partial charge in [0, 0.05) is 32.6 Å². The van der Waals surface area contributed by atoms with Crippen molar-refractivity contribution in [2.45, 2.75) is 19.3 Å². The number of amides is 1. The molecule has 1 N–H and O–H groups in total. The number of piperazine rings is 1. The Hall–Kier alpha value is -0.320. The summed E-state index contributed by atoms with van der Waals surface area (Å²) in [6.07, 6.45) is 3.10. The highest BCUT2D eigenvalue weighted by atomic mass is 35.5. The van der Waals surface area contributed by atoms with E-state index < -0.39 is 0 Å². The maximum Gasteiger partial charge on any atom is 0.222 e. The smallest absolute Gasteiger partial charge is 0.222 e. The molecule has 5 heteroatoms. The highest BCUT2D eigenvalue weighted by molar-refractivity contribution is 5.85. The van der Waals surface area contributed by atoms with Gasteiger partial charge >= 0.3 is 0 Å². The lowest BCUT2D eigenvalue weighted by Crippen LogP contribution is -2.47. The van der Waals surface area contributed by atoms with E-state index in [1.165, 1.54) is 12.8 Å². The summed E-state index contributed by atoms with van der Waals surface area (Å²) in [4.78, 5) is 16.4. The van der Waals surface area contributed by atoms with Gasteiger partial charge in [-0.2, -0.15) is 0 Å². The molecular formula is C12H24ClN3O. The summed E-state index contributed by atoms with van der Waals surface area (Å²) in [6.45, 7) is 6.05. The third-order valence-corrected chi connectivity index (χ3v) is 3.78. The molecule has 2 aliphatic rings. The van der Waals surface area contributed by atoms with E-state index in [1.54, 1.807) is 0 Å². The van der Waals surface area contributed by atoms with Crippen LogP contribution in [0.2, 0.25) is 0 Å². The number of halogens is 1. The zero-order chi connectivity index (χ0) is 11.4. The van der Waals surface area contributed by atoms with Crippen molar-refractivity contribution in [3.8, 4) is 0 Å². The second kappa shape index (κ2) is 7.19. The molecular weight excluding hydrogens is 238 g/mol. The van der Waals surface area contributed by atoms with Crippen LogP contribution in [0.5, 0.6) is 0 Å². The number of carbonyl (C=O) groups excluding carboxylic acids is 1. The van der Waals surface area contributed by atoms with Crippen molar-refractivity contribution in [1.29, 1.82) is 0 Å². The lowest BCUT2D eigenvalue weighted by Gasteiger charge is -2.33. The van der Waals surface area contributed by atoms with Gasteiger partial charge in [0.25, 0.3) is 0 Å². The average molecular weight is 262 g/mol. The normalized spacial score (nSPS) is 23.2. The third-order valence-electron chi connectivity index (χ3n) is 3.78. The van der Waals surface area contributed by atoms with Gasteiger partial charge < -0.3 is 15.1 Å². The molecule has 0 aromatic heterocycles. The SMILES string of the molecule is CN1CCN(C(=O)CC2CCNCC2)CC1.Cl. The predicted molar refractivity (Wildman–Crippen MR) is 71.5 cm³/mol. The zero-order valence-electron chi connectivity index (χ0n) is 10.7. The van der Waals surface area contributed by atoms with E-state index in [0.717, 1.165) is 45.7 Å². The van der Waals surface area contributed by atoms with Crippen molar-refractivity contribution in [2.75, 3.05) is 46.3 Å².